The molecule has 1 saturated heterocycles. The Morgan fingerprint density at radius 2 is 1.79 bits per heavy atom. The maximum absolute atomic E-state index is 12.3. The number of carboxylic acid groups (broad SMARTS) is 2. The summed E-state index contributed by atoms with van der Waals surface area (Å²) in [5.41, 5.74) is 10.5. The second-order valence-corrected chi connectivity index (χ2v) is 6.58. The molecule has 29 heavy (non-hydrogen) atoms. The van der Waals surface area contributed by atoms with E-state index in [2.05, 4.69) is 10.6 Å². The molecule has 1 fully saturated rings. The molecule has 13 heteroatoms. The number of aliphatic carboxylic acids is 2. The summed E-state index contributed by atoms with van der Waals surface area (Å²) >= 11 is 0. The number of nitrogens with one attached hydrogen (secondary N) is 2. The van der Waals surface area contributed by atoms with Crippen LogP contribution in [0.2, 0.25) is 0 Å². The summed E-state index contributed by atoms with van der Waals surface area (Å²) in [6.45, 7) is -0.316. The van der Waals surface area contributed by atoms with Crippen LogP contribution in [0, 0.1) is 0 Å². The van der Waals surface area contributed by atoms with E-state index in [-0.39, 0.29) is 19.4 Å². The lowest BCUT2D eigenvalue weighted by atomic mass is 10.1. The zero-order valence-corrected chi connectivity index (χ0v) is 15.6. The van der Waals surface area contributed by atoms with E-state index in [9.17, 15) is 28.8 Å². The van der Waals surface area contributed by atoms with Crippen molar-refractivity contribution in [3.8, 4) is 0 Å². The monoisotopic (exact) mass is 415 g/mol. The van der Waals surface area contributed by atoms with Crippen molar-refractivity contribution in [3.05, 3.63) is 0 Å². The molecule has 0 bridgehead atoms. The van der Waals surface area contributed by atoms with Gasteiger partial charge in [0.05, 0.1) is 19.0 Å². The quantitative estimate of drug-likeness (QED) is 0.199. The molecule has 1 aliphatic heterocycles. The molecular formula is C16H25N5O8. The first-order chi connectivity index (χ1) is 13.5. The van der Waals surface area contributed by atoms with Gasteiger partial charge in [-0.15, -0.1) is 0 Å². The Balaban J connectivity index is 2.58. The van der Waals surface area contributed by atoms with Crippen LogP contribution in [0.3, 0.4) is 0 Å². The Labute approximate surface area is 165 Å². The Kier molecular flexibility index (Phi) is 8.99. The number of rotatable bonds is 11. The lowest BCUT2D eigenvalue weighted by Crippen LogP contribution is -2.53. The Morgan fingerprint density at radius 1 is 1.14 bits per heavy atom. The molecule has 0 spiro atoms. The van der Waals surface area contributed by atoms with Gasteiger partial charge in [0.1, 0.15) is 12.1 Å². The first-order valence-electron chi connectivity index (χ1n) is 8.89. The number of hydrogen-bond acceptors (Lipinski definition) is 7. The van der Waals surface area contributed by atoms with E-state index in [1.165, 1.54) is 4.90 Å². The zero-order chi connectivity index (χ0) is 22.1. The van der Waals surface area contributed by atoms with Crippen LogP contribution in [-0.2, 0) is 28.8 Å². The number of carbonyl (C=O) groups is 6. The molecule has 0 aromatic heterocycles. The third kappa shape index (κ3) is 7.73. The highest BCUT2D eigenvalue weighted by Gasteiger charge is 2.36. The van der Waals surface area contributed by atoms with Crippen LogP contribution in [0.4, 0.5) is 0 Å². The third-order valence-electron chi connectivity index (χ3n) is 4.29. The van der Waals surface area contributed by atoms with Crippen LogP contribution in [0.5, 0.6) is 0 Å². The molecule has 13 nitrogen and oxygen atoms in total. The predicted octanol–water partition coefficient (Wildman–Crippen LogP) is -3.27. The summed E-state index contributed by atoms with van der Waals surface area (Å²) in [6, 6.07) is -3.53. The fourth-order valence-corrected chi connectivity index (χ4v) is 2.87. The second kappa shape index (κ2) is 10.9. The van der Waals surface area contributed by atoms with Crippen LogP contribution < -0.4 is 22.1 Å². The van der Waals surface area contributed by atoms with Crippen LogP contribution in [0.25, 0.3) is 0 Å². The summed E-state index contributed by atoms with van der Waals surface area (Å²) in [5.74, 6) is -5.43. The lowest BCUT2D eigenvalue weighted by Gasteiger charge is -2.26. The molecule has 0 aromatic rings. The average Bonchev–Trinajstić information content (AvgIpc) is 3.11. The van der Waals surface area contributed by atoms with E-state index in [0.29, 0.717) is 12.8 Å². The molecule has 3 unspecified atom stereocenters. The van der Waals surface area contributed by atoms with E-state index in [1.54, 1.807) is 0 Å². The highest BCUT2D eigenvalue weighted by atomic mass is 16.4. The maximum Gasteiger partial charge on any atom is 0.326 e. The minimum atomic E-state index is -1.36. The van der Waals surface area contributed by atoms with Crippen molar-refractivity contribution in [2.45, 2.75) is 50.2 Å². The fourth-order valence-electron chi connectivity index (χ4n) is 2.87. The summed E-state index contributed by atoms with van der Waals surface area (Å²) in [4.78, 5) is 70.2. The molecule has 0 aromatic carbocycles. The zero-order valence-electron chi connectivity index (χ0n) is 15.6. The predicted molar refractivity (Wildman–Crippen MR) is 96.0 cm³/mol. The summed E-state index contributed by atoms with van der Waals surface area (Å²) in [5, 5.41) is 22.3. The number of amides is 4. The van der Waals surface area contributed by atoms with E-state index in [0.717, 1.165) is 0 Å². The molecule has 4 amide bonds. The second-order valence-electron chi connectivity index (χ2n) is 6.58. The minimum Gasteiger partial charge on any atom is -0.481 e. The van der Waals surface area contributed by atoms with Crippen LogP contribution >= 0.6 is 0 Å². The van der Waals surface area contributed by atoms with Crippen molar-refractivity contribution in [2.24, 2.45) is 11.5 Å². The van der Waals surface area contributed by atoms with Gasteiger partial charge in [0.15, 0.2) is 0 Å². The number of carboxylic acids is 2. The molecule has 1 aliphatic rings. The normalized spacial score (nSPS) is 17.8. The van der Waals surface area contributed by atoms with Gasteiger partial charge in [0.2, 0.25) is 23.6 Å². The Morgan fingerprint density at radius 3 is 2.34 bits per heavy atom. The minimum absolute atomic E-state index is 0.198. The van der Waals surface area contributed by atoms with Crippen molar-refractivity contribution >= 4 is 35.6 Å². The topological polar surface area (TPSA) is 222 Å². The first-order valence-corrected chi connectivity index (χ1v) is 8.89. The van der Waals surface area contributed by atoms with Gasteiger partial charge in [-0.2, -0.15) is 0 Å². The van der Waals surface area contributed by atoms with Gasteiger partial charge >= 0.3 is 11.9 Å². The molecule has 0 saturated carbocycles. The first kappa shape index (κ1) is 23.8. The van der Waals surface area contributed by atoms with Gasteiger partial charge in [-0.3, -0.25) is 24.0 Å². The number of nitrogens with zero attached hydrogens (tertiary/aromatic N) is 1. The van der Waals surface area contributed by atoms with E-state index in [4.69, 9.17) is 21.7 Å². The molecule has 1 heterocycles. The highest BCUT2D eigenvalue weighted by molar-refractivity contribution is 5.94. The van der Waals surface area contributed by atoms with Gasteiger partial charge in [-0.1, -0.05) is 0 Å². The largest absolute Gasteiger partial charge is 0.481 e. The van der Waals surface area contributed by atoms with Gasteiger partial charge in [0.25, 0.3) is 0 Å². The summed E-state index contributed by atoms with van der Waals surface area (Å²) in [6.07, 6.45) is -0.191. The fraction of sp³-hybridized carbons (Fsp3) is 0.625. The average molecular weight is 415 g/mol. The Hall–Kier alpha value is -3.22. The summed E-state index contributed by atoms with van der Waals surface area (Å²) < 4.78 is 0. The Bertz CT molecular complexity index is 682. The van der Waals surface area contributed by atoms with Crippen LogP contribution in [0.1, 0.15) is 32.1 Å². The van der Waals surface area contributed by atoms with Gasteiger partial charge in [-0.25, -0.2) is 4.79 Å². The smallest absolute Gasteiger partial charge is 0.326 e. The number of nitrogens with two attached hydrogens (primary N) is 2. The van der Waals surface area contributed by atoms with Gasteiger partial charge < -0.3 is 37.2 Å². The van der Waals surface area contributed by atoms with E-state index >= 15 is 0 Å². The van der Waals surface area contributed by atoms with Crippen molar-refractivity contribution in [2.75, 3.05) is 13.1 Å². The number of hydrogen-bond donors (Lipinski definition) is 6. The van der Waals surface area contributed by atoms with E-state index < -0.39 is 66.7 Å². The number of carbonyl (C=O) groups excluding carboxylic acids is 4. The summed E-state index contributed by atoms with van der Waals surface area (Å²) in [7, 11) is 0. The SMILES string of the molecule is NC(=O)CCC(NC(=O)CNC(=O)C1CCCN1C(=O)C(N)CC(=O)O)C(=O)O. The molecule has 3 atom stereocenters. The van der Waals surface area contributed by atoms with Crippen molar-refractivity contribution in [1.29, 1.82) is 0 Å². The van der Waals surface area contributed by atoms with Crippen molar-refractivity contribution < 1.29 is 39.0 Å². The van der Waals surface area contributed by atoms with Gasteiger partial charge in [-0.05, 0) is 19.3 Å². The molecule has 0 aliphatic carbocycles. The maximum atomic E-state index is 12.3. The molecule has 0 radical (unpaired) electrons. The van der Waals surface area contributed by atoms with Crippen LogP contribution in [-0.4, -0.2) is 81.9 Å². The van der Waals surface area contributed by atoms with Crippen LogP contribution in [0.15, 0.2) is 0 Å². The lowest BCUT2D eigenvalue weighted by molar-refractivity contribution is -0.144. The number of likely N-dealkylation sites (tertiary alicyclic amines) is 1. The highest BCUT2D eigenvalue weighted by Crippen LogP contribution is 2.18. The molecule has 8 N–H and O–H groups in total. The molecule has 162 valence electrons. The standard InChI is InChI=1S/C16H25N5O8/c17-8(6-13(24)25)15(27)21-5-1-2-10(21)14(26)19-7-12(23)20-9(16(28)29)3-4-11(18)22/h8-10H,1-7,17H2,(H2,18,22)(H,19,26)(H,20,23)(H,24,25)(H,28,29). The van der Waals surface area contributed by atoms with E-state index in [1.807, 2.05) is 0 Å². The third-order valence-corrected chi connectivity index (χ3v) is 4.29. The van der Waals surface area contributed by atoms with Crippen molar-refractivity contribution in [3.63, 3.8) is 0 Å². The number of primary amides is 1. The molecular weight excluding hydrogens is 390 g/mol. The molecule has 1 rings (SSSR count). The van der Waals surface area contributed by atoms with Gasteiger partial charge in [0, 0.05) is 13.0 Å². The van der Waals surface area contributed by atoms with Crippen molar-refractivity contribution in [1.82, 2.24) is 15.5 Å².